The van der Waals surface area contributed by atoms with Crippen LogP contribution in [-0.2, 0) is 6.54 Å². The third-order valence-electron chi connectivity index (χ3n) is 3.69. The van der Waals surface area contributed by atoms with Gasteiger partial charge >= 0.3 is 0 Å². The van der Waals surface area contributed by atoms with Crippen molar-refractivity contribution >= 4 is 5.69 Å². The quantitative estimate of drug-likeness (QED) is 0.749. The van der Waals surface area contributed by atoms with Gasteiger partial charge in [0.2, 0.25) is 0 Å². The summed E-state index contributed by atoms with van der Waals surface area (Å²) in [5, 5.41) is 3.66. The van der Waals surface area contributed by atoms with Crippen LogP contribution in [0.5, 0.6) is 0 Å². The van der Waals surface area contributed by atoms with Gasteiger partial charge in [-0.15, -0.1) is 0 Å². The van der Waals surface area contributed by atoms with Crippen molar-refractivity contribution in [1.82, 2.24) is 0 Å². The second-order valence-electron chi connectivity index (χ2n) is 5.96. The summed E-state index contributed by atoms with van der Waals surface area (Å²) in [6, 6.07) is 17.2. The third-order valence-corrected chi connectivity index (χ3v) is 3.69. The van der Waals surface area contributed by atoms with Gasteiger partial charge in [-0.1, -0.05) is 76.2 Å². The fourth-order valence-electron chi connectivity index (χ4n) is 2.54. The van der Waals surface area contributed by atoms with E-state index in [0.717, 1.165) is 6.54 Å². The smallest absolute Gasteiger partial charge is 0.0413 e. The van der Waals surface area contributed by atoms with E-state index >= 15 is 0 Å². The van der Waals surface area contributed by atoms with E-state index in [1.54, 1.807) is 0 Å². The van der Waals surface area contributed by atoms with Crippen LogP contribution in [0.3, 0.4) is 0 Å². The number of para-hydroxylation sites is 1. The molecule has 0 amide bonds. The van der Waals surface area contributed by atoms with Gasteiger partial charge in [0.15, 0.2) is 0 Å². The maximum Gasteiger partial charge on any atom is 0.0413 e. The summed E-state index contributed by atoms with van der Waals surface area (Å²) in [4.78, 5) is 0. The molecule has 1 N–H and O–H groups in total. The Bertz CT molecular complexity index is 515. The minimum Gasteiger partial charge on any atom is -0.381 e. The van der Waals surface area contributed by atoms with Crippen LogP contribution < -0.4 is 5.32 Å². The van der Waals surface area contributed by atoms with Gasteiger partial charge < -0.3 is 5.32 Å². The van der Waals surface area contributed by atoms with Crippen molar-refractivity contribution < 1.29 is 0 Å². The fourth-order valence-corrected chi connectivity index (χ4v) is 2.54. The lowest BCUT2D eigenvalue weighted by Crippen LogP contribution is -2.07. The number of rotatable bonds is 5. The largest absolute Gasteiger partial charge is 0.381 e. The third kappa shape index (κ3) is 3.41. The van der Waals surface area contributed by atoms with Gasteiger partial charge in [0.1, 0.15) is 0 Å². The molecule has 0 fully saturated rings. The lowest BCUT2D eigenvalue weighted by molar-refractivity contribution is 0.832. The normalized spacial score (nSPS) is 11.1. The maximum atomic E-state index is 3.66. The number of benzene rings is 2. The molecule has 0 aliphatic heterocycles. The lowest BCUT2D eigenvalue weighted by Gasteiger charge is -2.21. The molecule has 2 aromatic carbocycles. The minimum atomic E-state index is 0.534. The van der Waals surface area contributed by atoms with Gasteiger partial charge in [-0.25, -0.2) is 0 Å². The summed E-state index contributed by atoms with van der Waals surface area (Å²) in [6.07, 6.45) is 0. The van der Waals surface area contributed by atoms with Crippen molar-refractivity contribution in [2.24, 2.45) is 0 Å². The Labute approximate surface area is 123 Å². The first kappa shape index (κ1) is 14.6. The van der Waals surface area contributed by atoms with Gasteiger partial charge in [0.25, 0.3) is 0 Å². The van der Waals surface area contributed by atoms with Crippen molar-refractivity contribution in [3.05, 3.63) is 65.2 Å². The zero-order valence-electron chi connectivity index (χ0n) is 13.0. The number of anilines is 1. The Balaban J connectivity index is 2.28. The molecule has 0 saturated heterocycles. The molecule has 0 unspecified atom stereocenters. The average Bonchev–Trinajstić information content (AvgIpc) is 2.45. The second-order valence-corrected chi connectivity index (χ2v) is 5.96. The van der Waals surface area contributed by atoms with Crippen molar-refractivity contribution in [3.8, 4) is 0 Å². The van der Waals surface area contributed by atoms with Crippen LogP contribution in [0.1, 0.15) is 56.2 Å². The highest BCUT2D eigenvalue weighted by Gasteiger charge is 2.13. The average molecular weight is 267 g/mol. The number of nitrogens with one attached hydrogen (secondary N) is 1. The summed E-state index contributed by atoms with van der Waals surface area (Å²) in [5.41, 5.74) is 5.46. The molecule has 2 aromatic rings. The van der Waals surface area contributed by atoms with E-state index in [0.29, 0.717) is 11.8 Å². The van der Waals surface area contributed by atoms with Crippen molar-refractivity contribution in [2.45, 2.75) is 46.1 Å². The van der Waals surface area contributed by atoms with Crippen LogP contribution in [0.15, 0.2) is 48.5 Å². The fraction of sp³-hybridized carbons (Fsp3) is 0.368. The highest BCUT2D eigenvalue weighted by molar-refractivity contribution is 5.60. The topological polar surface area (TPSA) is 12.0 Å². The van der Waals surface area contributed by atoms with Crippen LogP contribution >= 0.6 is 0 Å². The summed E-state index contributed by atoms with van der Waals surface area (Å²) >= 11 is 0. The minimum absolute atomic E-state index is 0.534. The van der Waals surface area contributed by atoms with E-state index in [9.17, 15) is 0 Å². The van der Waals surface area contributed by atoms with E-state index in [-0.39, 0.29) is 0 Å². The molecule has 0 atom stereocenters. The van der Waals surface area contributed by atoms with Crippen LogP contribution in [0, 0.1) is 0 Å². The van der Waals surface area contributed by atoms with E-state index < -0.39 is 0 Å². The number of hydrogen-bond donors (Lipinski definition) is 1. The monoisotopic (exact) mass is 267 g/mol. The van der Waals surface area contributed by atoms with Gasteiger partial charge in [0, 0.05) is 12.2 Å². The molecular weight excluding hydrogens is 242 g/mol. The first-order valence-electron chi connectivity index (χ1n) is 7.50. The molecule has 0 saturated carbocycles. The molecule has 1 heteroatoms. The van der Waals surface area contributed by atoms with Crippen LogP contribution in [0.2, 0.25) is 0 Å². The van der Waals surface area contributed by atoms with Crippen LogP contribution in [-0.4, -0.2) is 0 Å². The molecular formula is C19H25N. The van der Waals surface area contributed by atoms with Crippen molar-refractivity contribution in [1.29, 1.82) is 0 Å². The molecule has 0 heterocycles. The first-order chi connectivity index (χ1) is 9.59. The Morgan fingerprint density at radius 3 is 1.80 bits per heavy atom. The van der Waals surface area contributed by atoms with Gasteiger partial charge in [-0.05, 0) is 28.5 Å². The van der Waals surface area contributed by atoms with Gasteiger partial charge in [-0.2, -0.15) is 0 Å². The number of hydrogen-bond acceptors (Lipinski definition) is 1. The molecule has 0 radical (unpaired) electrons. The van der Waals surface area contributed by atoms with Gasteiger partial charge in [-0.3, -0.25) is 0 Å². The van der Waals surface area contributed by atoms with Crippen molar-refractivity contribution in [2.75, 3.05) is 5.32 Å². The Kier molecular flexibility index (Phi) is 4.84. The predicted octanol–water partition coefficient (Wildman–Crippen LogP) is 5.55. The first-order valence-corrected chi connectivity index (χ1v) is 7.50. The summed E-state index contributed by atoms with van der Waals surface area (Å²) in [6.45, 7) is 9.91. The lowest BCUT2D eigenvalue weighted by atomic mass is 9.92. The second kappa shape index (κ2) is 6.60. The van der Waals surface area contributed by atoms with E-state index in [1.807, 2.05) is 0 Å². The zero-order valence-corrected chi connectivity index (χ0v) is 13.0. The molecule has 20 heavy (non-hydrogen) atoms. The standard InChI is InChI=1S/C19H25N/c1-14(2)17-11-8-12-18(15(3)4)19(17)20-13-16-9-6-5-7-10-16/h5-12,14-15,20H,13H2,1-4H3. The van der Waals surface area contributed by atoms with E-state index in [4.69, 9.17) is 0 Å². The molecule has 1 nitrogen and oxygen atoms in total. The highest BCUT2D eigenvalue weighted by Crippen LogP contribution is 2.32. The van der Waals surface area contributed by atoms with Gasteiger partial charge in [0.05, 0.1) is 0 Å². The summed E-state index contributed by atoms with van der Waals surface area (Å²) < 4.78 is 0. The molecule has 2 rings (SSSR count). The molecule has 0 bridgehead atoms. The predicted molar refractivity (Wildman–Crippen MR) is 88.4 cm³/mol. The SMILES string of the molecule is CC(C)c1cccc(C(C)C)c1NCc1ccccc1. The molecule has 0 aromatic heterocycles. The molecule has 106 valence electrons. The van der Waals surface area contributed by atoms with Crippen LogP contribution in [0.4, 0.5) is 5.69 Å². The zero-order chi connectivity index (χ0) is 14.5. The molecule has 0 spiro atoms. The van der Waals surface area contributed by atoms with E-state index in [2.05, 4.69) is 81.5 Å². The maximum absolute atomic E-state index is 3.66. The summed E-state index contributed by atoms with van der Waals surface area (Å²) in [7, 11) is 0. The van der Waals surface area contributed by atoms with E-state index in [1.165, 1.54) is 22.4 Å². The molecule has 0 aliphatic rings. The summed E-state index contributed by atoms with van der Waals surface area (Å²) in [5.74, 6) is 1.07. The Hall–Kier alpha value is -1.76. The Morgan fingerprint density at radius 2 is 1.30 bits per heavy atom. The van der Waals surface area contributed by atoms with Crippen molar-refractivity contribution in [3.63, 3.8) is 0 Å². The van der Waals surface area contributed by atoms with Crippen LogP contribution in [0.25, 0.3) is 0 Å². The highest BCUT2D eigenvalue weighted by atomic mass is 14.9. The molecule has 0 aliphatic carbocycles. The Morgan fingerprint density at radius 1 is 0.750 bits per heavy atom.